The van der Waals surface area contributed by atoms with Gasteiger partial charge >= 0.3 is 5.97 Å². The molecule has 0 atom stereocenters. The van der Waals surface area contributed by atoms with Gasteiger partial charge in [0.2, 0.25) is 0 Å². The predicted octanol–water partition coefficient (Wildman–Crippen LogP) is 2.77. The Kier molecular flexibility index (Phi) is 3.10. The second-order valence-corrected chi connectivity index (χ2v) is 4.28. The van der Waals surface area contributed by atoms with Crippen LogP contribution in [-0.2, 0) is 0 Å². The lowest BCUT2D eigenvalue weighted by atomic mass is 10.0. The summed E-state index contributed by atoms with van der Waals surface area (Å²) in [7, 11) is 0. The smallest absolute Gasteiger partial charge is 0.337 e. The average molecular weight is 242 g/mol. The molecule has 0 radical (unpaired) electrons. The van der Waals surface area contributed by atoms with Gasteiger partial charge in [-0.3, -0.25) is 9.97 Å². The summed E-state index contributed by atoms with van der Waals surface area (Å²) in [5.41, 5.74) is 4.10. The van der Waals surface area contributed by atoms with E-state index >= 15 is 0 Å². The van der Waals surface area contributed by atoms with E-state index in [2.05, 4.69) is 9.97 Å². The van der Waals surface area contributed by atoms with E-state index < -0.39 is 5.97 Å². The van der Waals surface area contributed by atoms with Crippen molar-refractivity contribution in [3.63, 3.8) is 0 Å². The van der Waals surface area contributed by atoms with Crippen molar-refractivity contribution in [1.29, 1.82) is 0 Å². The van der Waals surface area contributed by atoms with Crippen LogP contribution in [0.2, 0.25) is 0 Å². The lowest BCUT2D eigenvalue weighted by molar-refractivity contribution is 0.0695. The molecule has 0 bridgehead atoms. The highest BCUT2D eigenvalue weighted by molar-refractivity contribution is 5.91. The maximum Gasteiger partial charge on any atom is 0.337 e. The van der Waals surface area contributed by atoms with Crippen LogP contribution in [0.1, 0.15) is 27.3 Å². The Morgan fingerprint density at radius 1 is 1.22 bits per heavy atom. The molecule has 2 aromatic heterocycles. The number of pyridine rings is 2. The second-order valence-electron chi connectivity index (χ2n) is 4.28. The van der Waals surface area contributed by atoms with Crippen molar-refractivity contribution < 1.29 is 9.90 Å². The molecule has 0 saturated carbocycles. The lowest BCUT2D eigenvalue weighted by Gasteiger charge is -2.08. The SMILES string of the molecule is Cc1ccc(-c2cc(C)c(C(=O)O)c(C)n2)cn1. The van der Waals surface area contributed by atoms with Gasteiger partial charge in [0.25, 0.3) is 0 Å². The van der Waals surface area contributed by atoms with Crippen LogP contribution in [-0.4, -0.2) is 21.0 Å². The number of rotatable bonds is 2. The van der Waals surface area contributed by atoms with Crippen LogP contribution in [0.25, 0.3) is 11.3 Å². The summed E-state index contributed by atoms with van der Waals surface area (Å²) < 4.78 is 0. The van der Waals surface area contributed by atoms with Crippen molar-refractivity contribution in [2.45, 2.75) is 20.8 Å². The van der Waals surface area contributed by atoms with Gasteiger partial charge < -0.3 is 5.11 Å². The molecule has 2 aromatic rings. The fourth-order valence-corrected chi connectivity index (χ4v) is 1.92. The Hall–Kier alpha value is -2.23. The number of carboxylic acids is 1. The van der Waals surface area contributed by atoms with Crippen LogP contribution >= 0.6 is 0 Å². The number of aryl methyl sites for hydroxylation is 3. The van der Waals surface area contributed by atoms with E-state index in [0.717, 1.165) is 17.0 Å². The van der Waals surface area contributed by atoms with E-state index in [1.807, 2.05) is 19.1 Å². The molecule has 4 heteroatoms. The first-order valence-electron chi connectivity index (χ1n) is 5.63. The third-order valence-corrected chi connectivity index (χ3v) is 2.82. The van der Waals surface area contributed by atoms with Crippen LogP contribution in [0, 0.1) is 20.8 Å². The summed E-state index contributed by atoms with van der Waals surface area (Å²) in [5, 5.41) is 9.09. The summed E-state index contributed by atoms with van der Waals surface area (Å²) >= 11 is 0. The molecule has 0 aromatic carbocycles. The highest BCUT2D eigenvalue weighted by atomic mass is 16.4. The zero-order valence-electron chi connectivity index (χ0n) is 10.6. The second kappa shape index (κ2) is 4.56. The van der Waals surface area contributed by atoms with E-state index in [1.165, 1.54) is 0 Å². The van der Waals surface area contributed by atoms with Gasteiger partial charge in [-0.05, 0) is 44.5 Å². The molecule has 2 heterocycles. The number of nitrogens with zero attached hydrogens (tertiary/aromatic N) is 2. The van der Waals surface area contributed by atoms with E-state index in [4.69, 9.17) is 5.11 Å². The van der Waals surface area contributed by atoms with Gasteiger partial charge in [0.15, 0.2) is 0 Å². The zero-order valence-corrected chi connectivity index (χ0v) is 10.6. The van der Waals surface area contributed by atoms with E-state index in [0.29, 0.717) is 11.3 Å². The van der Waals surface area contributed by atoms with Gasteiger partial charge in [-0.25, -0.2) is 4.79 Å². The van der Waals surface area contributed by atoms with Crippen molar-refractivity contribution in [3.8, 4) is 11.3 Å². The first-order valence-corrected chi connectivity index (χ1v) is 5.63. The molecular weight excluding hydrogens is 228 g/mol. The van der Waals surface area contributed by atoms with Crippen LogP contribution in [0.4, 0.5) is 0 Å². The van der Waals surface area contributed by atoms with Crippen molar-refractivity contribution in [2.75, 3.05) is 0 Å². The van der Waals surface area contributed by atoms with Crippen molar-refractivity contribution >= 4 is 5.97 Å². The molecule has 18 heavy (non-hydrogen) atoms. The maximum absolute atomic E-state index is 11.1. The fourth-order valence-electron chi connectivity index (χ4n) is 1.92. The van der Waals surface area contributed by atoms with Gasteiger partial charge in [0.05, 0.1) is 17.0 Å². The van der Waals surface area contributed by atoms with E-state index in [-0.39, 0.29) is 5.56 Å². The maximum atomic E-state index is 11.1. The number of aromatic carboxylic acids is 1. The Morgan fingerprint density at radius 2 is 1.94 bits per heavy atom. The largest absolute Gasteiger partial charge is 0.478 e. The lowest BCUT2D eigenvalue weighted by Crippen LogP contribution is -2.05. The Morgan fingerprint density at radius 3 is 2.44 bits per heavy atom. The summed E-state index contributed by atoms with van der Waals surface area (Å²) in [6.45, 7) is 5.41. The number of hydrogen-bond acceptors (Lipinski definition) is 3. The summed E-state index contributed by atoms with van der Waals surface area (Å²) in [6.07, 6.45) is 1.75. The van der Waals surface area contributed by atoms with Crippen LogP contribution < -0.4 is 0 Å². The minimum absolute atomic E-state index is 0.277. The predicted molar refractivity (Wildman–Crippen MR) is 68.6 cm³/mol. The minimum Gasteiger partial charge on any atom is -0.478 e. The summed E-state index contributed by atoms with van der Waals surface area (Å²) in [5.74, 6) is -0.939. The first-order chi connectivity index (χ1) is 8.49. The van der Waals surface area contributed by atoms with Gasteiger partial charge in [0.1, 0.15) is 0 Å². The normalized spacial score (nSPS) is 10.4. The number of hydrogen-bond donors (Lipinski definition) is 1. The number of carboxylic acid groups (broad SMARTS) is 1. The summed E-state index contributed by atoms with van der Waals surface area (Å²) in [4.78, 5) is 19.6. The van der Waals surface area contributed by atoms with E-state index in [1.54, 1.807) is 26.1 Å². The third kappa shape index (κ3) is 2.22. The summed E-state index contributed by atoms with van der Waals surface area (Å²) in [6, 6.07) is 5.62. The molecule has 0 aliphatic carbocycles. The first kappa shape index (κ1) is 12.2. The highest BCUT2D eigenvalue weighted by Crippen LogP contribution is 2.21. The van der Waals surface area contributed by atoms with Crippen molar-refractivity contribution in [3.05, 3.63) is 46.9 Å². The monoisotopic (exact) mass is 242 g/mol. The molecule has 0 saturated heterocycles. The average Bonchev–Trinajstić information content (AvgIpc) is 2.28. The standard InChI is InChI=1S/C14H14N2O2/c1-8-6-12(11-5-4-9(2)15-7-11)16-10(3)13(8)14(17)18/h4-7H,1-3H3,(H,17,18). The third-order valence-electron chi connectivity index (χ3n) is 2.82. The van der Waals surface area contributed by atoms with Crippen LogP contribution in [0.15, 0.2) is 24.4 Å². The van der Waals surface area contributed by atoms with Crippen molar-refractivity contribution in [1.82, 2.24) is 9.97 Å². The molecule has 0 unspecified atom stereocenters. The quantitative estimate of drug-likeness (QED) is 0.879. The van der Waals surface area contributed by atoms with Gasteiger partial charge in [-0.1, -0.05) is 0 Å². The van der Waals surface area contributed by atoms with E-state index in [9.17, 15) is 4.79 Å². The molecular formula is C14H14N2O2. The molecule has 4 nitrogen and oxygen atoms in total. The number of aromatic nitrogens is 2. The molecule has 0 aliphatic rings. The molecule has 0 aliphatic heterocycles. The van der Waals surface area contributed by atoms with Crippen molar-refractivity contribution in [2.24, 2.45) is 0 Å². The minimum atomic E-state index is -0.939. The number of carbonyl (C=O) groups is 1. The topological polar surface area (TPSA) is 63.1 Å². The fraction of sp³-hybridized carbons (Fsp3) is 0.214. The Balaban J connectivity index is 2.54. The van der Waals surface area contributed by atoms with Crippen LogP contribution in [0.5, 0.6) is 0 Å². The Bertz CT molecular complexity index is 581. The molecule has 0 spiro atoms. The molecule has 0 amide bonds. The molecule has 92 valence electrons. The highest BCUT2D eigenvalue weighted by Gasteiger charge is 2.13. The zero-order chi connectivity index (χ0) is 13.3. The van der Waals surface area contributed by atoms with Gasteiger partial charge in [-0.15, -0.1) is 0 Å². The Labute approximate surface area is 105 Å². The van der Waals surface area contributed by atoms with Gasteiger partial charge in [0, 0.05) is 17.5 Å². The molecule has 0 fully saturated rings. The molecule has 2 rings (SSSR count). The van der Waals surface area contributed by atoms with Crippen LogP contribution in [0.3, 0.4) is 0 Å². The van der Waals surface area contributed by atoms with Gasteiger partial charge in [-0.2, -0.15) is 0 Å². The molecule has 1 N–H and O–H groups in total.